The van der Waals surface area contributed by atoms with Crippen LogP contribution < -0.4 is 11.1 Å². The van der Waals surface area contributed by atoms with Crippen molar-refractivity contribution < 1.29 is 9.59 Å². The molecule has 5 heteroatoms. The van der Waals surface area contributed by atoms with Crippen molar-refractivity contribution in [1.82, 2.24) is 10.2 Å². The number of carbonyl (C=O) groups is 2. The van der Waals surface area contributed by atoms with E-state index in [1.54, 1.807) is 0 Å². The summed E-state index contributed by atoms with van der Waals surface area (Å²) in [5.41, 5.74) is 4.41. The van der Waals surface area contributed by atoms with E-state index in [9.17, 15) is 9.59 Å². The van der Waals surface area contributed by atoms with Gasteiger partial charge in [0.25, 0.3) is 0 Å². The Morgan fingerprint density at radius 1 is 1.47 bits per heavy atom. The van der Waals surface area contributed by atoms with Gasteiger partial charge in [-0.15, -0.1) is 0 Å². The number of likely N-dealkylation sites (N-methyl/N-ethyl adjacent to an activating group) is 1. The highest BCUT2D eigenvalue weighted by Crippen LogP contribution is 2.39. The van der Waals surface area contributed by atoms with Gasteiger partial charge in [-0.05, 0) is 32.6 Å². The van der Waals surface area contributed by atoms with E-state index in [1.165, 1.54) is 0 Å². The largest absolute Gasteiger partial charge is 0.352 e. The fourth-order valence-corrected chi connectivity index (χ4v) is 1.98. The van der Waals surface area contributed by atoms with Crippen LogP contribution in [0.3, 0.4) is 0 Å². The molecule has 3 N–H and O–H groups in total. The summed E-state index contributed by atoms with van der Waals surface area (Å²) in [4.78, 5) is 24.8. The molecule has 0 unspecified atom stereocenters. The Bertz CT molecular complexity index is 295. The number of primary amides is 1. The molecule has 0 spiro atoms. The quantitative estimate of drug-likeness (QED) is 0.697. The Labute approximate surface area is 89.0 Å². The lowest BCUT2D eigenvalue weighted by atomic mass is 10.2. The molecular weight excluding hydrogens is 194 g/mol. The molecule has 2 rings (SSSR count). The zero-order valence-electron chi connectivity index (χ0n) is 8.95. The Morgan fingerprint density at radius 2 is 2.07 bits per heavy atom. The van der Waals surface area contributed by atoms with Gasteiger partial charge >= 0.3 is 6.03 Å². The fraction of sp³-hybridized carbons (Fsp3) is 0.800. The van der Waals surface area contributed by atoms with E-state index >= 15 is 0 Å². The second-order valence-electron chi connectivity index (χ2n) is 4.39. The molecule has 84 valence electrons. The van der Waals surface area contributed by atoms with Gasteiger partial charge in [-0.25, -0.2) is 4.79 Å². The minimum atomic E-state index is -0.662. The molecule has 0 aliphatic heterocycles. The summed E-state index contributed by atoms with van der Waals surface area (Å²) in [6.07, 6.45) is 3.62. The Morgan fingerprint density at radius 3 is 2.40 bits per heavy atom. The summed E-state index contributed by atoms with van der Waals surface area (Å²) in [6, 6.07) is -0.206. The third kappa shape index (κ3) is 1.91. The monoisotopic (exact) mass is 211 g/mol. The lowest BCUT2D eigenvalue weighted by Gasteiger charge is -2.26. The molecular formula is C10H17N3O2. The van der Waals surface area contributed by atoms with Crippen molar-refractivity contribution in [3.05, 3.63) is 0 Å². The number of nitrogens with zero attached hydrogens (tertiary/aromatic N) is 1. The van der Waals surface area contributed by atoms with E-state index in [2.05, 4.69) is 5.32 Å². The molecule has 2 aliphatic rings. The first kappa shape index (κ1) is 10.3. The second-order valence-corrected chi connectivity index (χ2v) is 4.39. The Balaban J connectivity index is 2.02. The normalized spacial score (nSPS) is 21.9. The van der Waals surface area contributed by atoms with Gasteiger partial charge < -0.3 is 16.0 Å². The maximum Gasteiger partial charge on any atom is 0.313 e. The van der Waals surface area contributed by atoms with Crippen LogP contribution in [0.5, 0.6) is 0 Å². The van der Waals surface area contributed by atoms with Crippen LogP contribution in [-0.4, -0.2) is 35.0 Å². The van der Waals surface area contributed by atoms with E-state index in [-0.39, 0.29) is 5.91 Å². The molecule has 0 aromatic heterocycles. The van der Waals surface area contributed by atoms with Crippen LogP contribution in [0, 0.1) is 0 Å². The van der Waals surface area contributed by atoms with Crippen LogP contribution in [0.25, 0.3) is 0 Å². The van der Waals surface area contributed by atoms with Crippen LogP contribution in [-0.2, 0) is 4.79 Å². The highest BCUT2D eigenvalue weighted by molar-refractivity contribution is 5.93. The smallest absolute Gasteiger partial charge is 0.313 e. The van der Waals surface area contributed by atoms with Crippen molar-refractivity contribution >= 4 is 11.9 Å². The SMILES string of the molecule is CCN(C(=O)C1(NC(N)=O)CC1)C1CC1. The molecule has 3 amide bonds. The second kappa shape index (κ2) is 3.40. The van der Waals surface area contributed by atoms with E-state index in [0.29, 0.717) is 12.6 Å². The van der Waals surface area contributed by atoms with Crippen LogP contribution in [0.2, 0.25) is 0 Å². The predicted molar refractivity (Wildman–Crippen MR) is 55.1 cm³/mol. The zero-order chi connectivity index (χ0) is 11.1. The van der Waals surface area contributed by atoms with Crippen molar-refractivity contribution in [2.24, 2.45) is 5.73 Å². The Hall–Kier alpha value is -1.26. The number of hydrogen-bond donors (Lipinski definition) is 2. The predicted octanol–water partition coefficient (Wildman–Crippen LogP) is 0.198. The highest BCUT2D eigenvalue weighted by atomic mass is 16.2. The molecule has 2 aliphatic carbocycles. The van der Waals surface area contributed by atoms with Crippen LogP contribution in [0.15, 0.2) is 0 Å². The topological polar surface area (TPSA) is 75.4 Å². The molecule has 0 aromatic rings. The first-order valence-corrected chi connectivity index (χ1v) is 5.48. The van der Waals surface area contributed by atoms with Crippen molar-refractivity contribution in [2.75, 3.05) is 6.54 Å². The zero-order valence-corrected chi connectivity index (χ0v) is 8.95. The maximum absolute atomic E-state index is 12.1. The van der Waals surface area contributed by atoms with E-state index in [1.807, 2.05) is 11.8 Å². The molecule has 2 saturated carbocycles. The number of hydrogen-bond acceptors (Lipinski definition) is 2. The lowest BCUT2D eigenvalue weighted by Crippen LogP contribution is -2.52. The van der Waals surface area contributed by atoms with Crippen molar-refractivity contribution in [3.8, 4) is 0 Å². The molecule has 0 saturated heterocycles. The van der Waals surface area contributed by atoms with Gasteiger partial charge in [0.2, 0.25) is 5.91 Å². The number of urea groups is 1. The first-order chi connectivity index (χ1) is 7.09. The third-order valence-electron chi connectivity index (χ3n) is 3.11. The summed E-state index contributed by atoms with van der Waals surface area (Å²) < 4.78 is 0. The molecule has 0 bridgehead atoms. The fourth-order valence-electron chi connectivity index (χ4n) is 1.98. The molecule has 5 nitrogen and oxygen atoms in total. The number of rotatable bonds is 4. The lowest BCUT2D eigenvalue weighted by molar-refractivity contribution is -0.134. The molecule has 0 aromatic carbocycles. The average Bonchev–Trinajstić information content (AvgIpc) is 2.97. The summed E-state index contributed by atoms with van der Waals surface area (Å²) in [5.74, 6) is 0.0475. The van der Waals surface area contributed by atoms with Gasteiger partial charge in [-0.3, -0.25) is 4.79 Å². The summed E-state index contributed by atoms with van der Waals surface area (Å²) in [7, 11) is 0. The van der Waals surface area contributed by atoms with Crippen molar-refractivity contribution in [2.45, 2.75) is 44.2 Å². The highest BCUT2D eigenvalue weighted by Gasteiger charge is 2.54. The van der Waals surface area contributed by atoms with Gasteiger partial charge in [0, 0.05) is 12.6 Å². The van der Waals surface area contributed by atoms with Crippen LogP contribution in [0.1, 0.15) is 32.6 Å². The maximum atomic E-state index is 12.1. The number of nitrogens with two attached hydrogens (primary N) is 1. The third-order valence-corrected chi connectivity index (χ3v) is 3.11. The summed E-state index contributed by atoms with van der Waals surface area (Å²) in [6.45, 7) is 2.68. The Kier molecular flexibility index (Phi) is 2.32. The molecule has 2 fully saturated rings. The van der Waals surface area contributed by atoms with Crippen molar-refractivity contribution in [1.29, 1.82) is 0 Å². The van der Waals surface area contributed by atoms with E-state index in [4.69, 9.17) is 5.73 Å². The average molecular weight is 211 g/mol. The molecule has 0 radical (unpaired) electrons. The molecule has 0 heterocycles. The van der Waals surface area contributed by atoms with Crippen LogP contribution in [0.4, 0.5) is 4.79 Å². The van der Waals surface area contributed by atoms with Gasteiger partial charge in [0.1, 0.15) is 5.54 Å². The molecule has 15 heavy (non-hydrogen) atoms. The summed E-state index contributed by atoms with van der Waals surface area (Å²) >= 11 is 0. The van der Waals surface area contributed by atoms with E-state index < -0.39 is 11.6 Å². The minimum absolute atomic E-state index is 0.0475. The van der Waals surface area contributed by atoms with Gasteiger partial charge in [0.15, 0.2) is 0 Å². The van der Waals surface area contributed by atoms with Crippen LogP contribution >= 0.6 is 0 Å². The van der Waals surface area contributed by atoms with Gasteiger partial charge in [-0.2, -0.15) is 0 Å². The number of nitrogens with one attached hydrogen (secondary N) is 1. The van der Waals surface area contributed by atoms with Crippen molar-refractivity contribution in [3.63, 3.8) is 0 Å². The standard InChI is InChI=1S/C10H17N3O2/c1-2-13(7-3-4-7)8(14)10(5-6-10)12-9(11)15/h7H,2-6H2,1H3,(H3,11,12,15). The first-order valence-electron chi connectivity index (χ1n) is 5.48. The van der Waals surface area contributed by atoms with Gasteiger partial charge in [-0.1, -0.05) is 0 Å². The number of amides is 3. The minimum Gasteiger partial charge on any atom is -0.352 e. The van der Waals surface area contributed by atoms with Gasteiger partial charge in [0.05, 0.1) is 0 Å². The summed E-state index contributed by atoms with van der Waals surface area (Å²) in [5, 5.41) is 2.58. The molecule has 0 atom stereocenters. The van der Waals surface area contributed by atoms with E-state index in [0.717, 1.165) is 25.7 Å². The number of carbonyl (C=O) groups excluding carboxylic acids is 2.